The maximum absolute atomic E-state index is 9.34. The van der Waals surface area contributed by atoms with E-state index in [4.69, 9.17) is 5.73 Å². The Morgan fingerprint density at radius 1 is 1.22 bits per heavy atom. The number of rotatable bonds is 8. The Kier molecular flexibility index (Phi) is 6.01. The molecule has 1 rings (SSSR count). The van der Waals surface area contributed by atoms with Gasteiger partial charge in [-0.25, -0.2) is 0 Å². The molecule has 0 unspecified atom stereocenters. The highest BCUT2D eigenvalue weighted by molar-refractivity contribution is 5.53. The fourth-order valence-electron chi connectivity index (χ4n) is 1.89. The first-order valence-electron chi connectivity index (χ1n) is 6.19. The standard InChI is InChI=1S/C15H22N2O/c1-3-9-17(10-4-2)11-5-6-13-7-8-15(18)14(16)12-13/h3-4,7-8,12,18H,1-2,5-6,9-11,16H2. The highest BCUT2D eigenvalue weighted by Gasteiger charge is 2.02. The second-order valence-electron chi connectivity index (χ2n) is 4.33. The molecule has 0 radical (unpaired) electrons. The minimum atomic E-state index is 0.152. The summed E-state index contributed by atoms with van der Waals surface area (Å²) in [5, 5.41) is 9.34. The van der Waals surface area contributed by atoms with Crippen LogP contribution in [0.15, 0.2) is 43.5 Å². The van der Waals surface area contributed by atoms with Gasteiger partial charge in [-0.1, -0.05) is 18.2 Å². The predicted molar refractivity (Wildman–Crippen MR) is 77.7 cm³/mol. The van der Waals surface area contributed by atoms with Crippen LogP contribution in [0.4, 0.5) is 5.69 Å². The van der Waals surface area contributed by atoms with Gasteiger partial charge in [0.25, 0.3) is 0 Å². The molecule has 0 saturated heterocycles. The molecule has 0 atom stereocenters. The number of phenolic OH excluding ortho intramolecular Hbond substituents is 1. The Morgan fingerprint density at radius 2 is 1.89 bits per heavy atom. The molecule has 0 spiro atoms. The van der Waals surface area contributed by atoms with Gasteiger partial charge in [0.2, 0.25) is 0 Å². The number of aryl methyl sites for hydroxylation is 1. The summed E-state index contributed by atoms with van der Waals surface area (Å²) in [5.74, 6) is 0.152. The molecule has 98 valence electrons. The maximum atomic E-state index is 9.34. The van der Waals surface area contributed by atoms with Crippen molar-refractivity contribution in [3.63, 3.8) is 0 Å². The van der Waals surface area contributed by atoms with Crippen molar-refractivity contribution < 1.29 is 5.11 Å². The van der Waals surface area contributed by atoms with E-state index in [2.05, 4.69) is 18.1 Å². The lowest BCUT2D eigenvalue weighted by molar-refractivity contribution is 0.330. The number of benzene rings is 1. The van der Waals surface area contributed by atoms with Crippen molar-refractivity contribution >= 4 is 5.69 Å². The SMILES string of the molecule is C=CCN(CC=C)CCCc1ccc(O)c(N)c1. The topological polar surface area (TPSA) is 49.5 Å². The van der Waals surface area contributed by atoms with Gasteiger partial charge in [-0.2, -0.15) is 0 Å². The number of nitrogens with two attached hydrogens (primary N) is 1. The molecule has 0 fully saturated rings. The minimum Gasteiger partial charge on any atom is -0.506 e. The van der Waals surface area contributed by atoms with Crippen molar-refractivity contribution in [3.05, 3.63) is 49.1 Å². The number of nitrogen functional groups attached to an aromatic ring is 1. The third-order valence-corrected chi connectivity index (χ3v) is 2.81. The molecule has 0 bridgehead atoms. The van der Waals surface area contributed by atoms with Gasteiger partial charge < -0.3 is 10.8 Å². The van der Waals surface area contributed by atoms with Crippen molar-refractivity contribution in [2.75, 3.05) is 25.4 Å². The predicted octanol–water partition coefficient (Wildman–Crippen LogP) is 2.58. The Balaban J connectivity index is 2.41. The summed E-state index contributed by atoms with van der Waals surface area (Å²) >= 11 is 0. The summed E-state index contributed by atoms with van der Waals surface area (Å²) in [5.41, 5.74) is 7.26. The normalized spacial score (nSPS) is 10.5. The molecule has 3 N–H and O–H groups in total. The monoisotopic (exact) mass is 246 g/mol. The van der Waals surface area contributed by atoms with Crippen molar-refractivity contribution in [1.29, 1.82) is 0 Å². The molecule has 0 aliphatic heterocycles. The van der Waals surface area contributed by atoms with Crippen molar-refractivity contribution in [2.45, 2.75) is 12.8 Å². The molecule has 0 amide bonds. The molecule has 3 heteroatoms. The fraction of sp³-hybridized carbons (Fsp3) is 0.333. The highest BCUT2D eigenvalue weighted by Crippen LogP contribution is 2.21. The Bertz CT molecular complexity index is 391. The van der Waals surface area contributed by atoms with Crippen molar-refractivity contribution in [2.24, 2.45) is 0 Å². The maximum Gasteiger partial charge on any atom is 0.138 e. The van der Waals surface area contributed by atoms with E-state index in [9.17, 15) is 5.11 Å². The molecule has 0 aliphatic carbocycles. The number of aromatic hydroxyl groups is 1. The summed E-state index contributed by atoms with van der Waals surface area (Å²) in [6.07, 6.45) is 5.81. The van der Waals surface area contributed by atoms with Gasteiger partial charge in [0.1, 0.15) is 5.75 Å². The van der Waals surface area contributed by atoms with Crippen LogP contribution in [0.5, 0.6) is 5.75 Å². The summed E-state index contributed by atoms with van der Waals surface area (Å²) in [6.45, 7) is 10.3. The van der Waals surface area contributed by atoms with Crippen molar-refractivity contribution in [1.82, 2.24) is 4.90 Å². The van der Waals surface area contributed by atoms with Crippen LogP contribution in [-0.4, -0.2) is 29.6 Å². The lowest BCUT2D eigenvalue weighted by atomic mass is 10.1. The van der Waals surface area contributed by atoms with Crippen LogP contribution in [0.3, 0.4) is 0 Å². The molecular weight excluding hydrogens is 224 g/mol. The molecular formula is C15H22N2O. The average Bonchev–Trinajstić information content (AvgIpc) is 2.34. The van der Waals surface area contributed by atoms with Crippen LogP contribution in [0, 0.1) is 0 Å². The van der Waals surface area contributed by atoms with E-state index in [1.54, 1.807) is 6.07 Å². The first kappa shape index (κ1) is 14.3. The Morgan fingerprint density at radius 3 is 2.44 bits per heavy atom. The minimum absolute atomic E-state index is 0.152. The zero-order chi connectivity index (χ0) is 13.4. The third-order valence-electron chi connectivity index (χ3n) is 2.81. The third kappa shape index (κ3) is 4.63. The van der Waals surface area contributed by atoms with Gasteiger partial charge >= 0.3 is 0 Å². The van der Waals surface area contributed by atoms with E-state index < -0.39 is 0 Å². The first-order chi connectivity index (χ1) is 8.67. The van der Waals surface area contributed by atoms with Crippen LogP contribution in [-0.2, 0) is 6.42 Å². The number of anilines is 1. The number of hydrogen-bond donors (Lipinski definition) is 2. The van der Waals surface area contributed by atoms with E-state index in [0.29, 0.717) is 5.69 Å². The molecule has 1 aromatic carbocycles. The van der Waals surface area contributed by atoms with Crippen LogP contribution in [0.1, 0.15) is 12.0 Å². The second kappa shape index (κ2) is 7.56. The molecule has 0 aliphatic rings. The molecule has 0 heterocycles. The summed E-state index contributed by atoms with van der Waals surface area (Å²) in [4.78, 5) is 2.28. The zero-order valence-corrected chi connectivity index (χ0v) is 10.8. The molecule has 3 nitrogen and oxygen atoms in total. The van der Waals surface area contributed by atoms with E-state index in [1.807, 2.05) is 24.3 Å². The van der Waals surface area contributed by atoms with Gasteiger partial charge in [-0.05, 0) is 37.1 Å². The quantitative estimate of drug-likeness (QED) is 0.421. The van der Waals surface area contributed by atoms with Gasteiger partial charge in [0.05, 0.1) is 5.69 Å². The first-order valence-corrected chi connectivity index (χ1v) is 6.19. The van der Waals surface area contributed by atoms with Crippen LogP contribution < -0.4 is 5.73 Å². The van der Waals surface area contributed by atoms with E-state index in [0.717, 1.165) is 38.0 Å². The molecule has 18 heavy (non-hydrogen) atoms. The molecule has 0 saturated carbocycles. The number of phenols is 1. The smallest absolute Gasteiger partial charge is 0.138 e. The summed E-state index contributed by atoms with van der Waals surface area (Å²) in [7, 11) is 0. The number of nitrogens with zero attached hydrogens (tertiary/aromatic N) is 1. The molecule has 1 aromatic rings. The second-order valence-corrected chi connectivity index (χ2v) is 4.33. The number of hydrogen-bond acceptors (Lipinski definition) is 3. The highest BCUT2D eigenvalue weighted by atomic mass is 16.3. The largest absolute Gasteiger partial charge is 0.506 e. The van der Waals surface area contributed by atoms with E-state index >= 15 is 0 Å². The lowest BCUT2D eigenvalue weighted by Gasteiger charge is -2.18. The average molecular weight is 246 g/mol. The van der Waals surface area contributed by atoms with Gasteiger partial charge in [-0.3, -0.25) is 4.90 Å². The van der Waals surface area contributed by atoms with Crippen molar-refractivity contribution in [3.8, 4) is 5.75 Å². The zero-order valence-electron chi connectivity index (χ0n) is 10.8. The van der Waals surface area contributed by atoms with E-state index in [-0.39, 0.29) is 5.75 Å². The Hall–Kier alpha value is -1.74. The summed E-state index contributed by atoms with van der Waals surface area (Å²) in [6, 6.07) is 5.40. The van der Waals surface area contributed by atoms with Gasteiger partial charge in [-0.15, -0.1) is 13.2 Å². The fourth-order valence-corrected chi connectivity index (χ4v) is 1.89. The van der Waals surface area contributed by atoms with Gasteiger partial charge in [0.15, 0.2) is 0 Å². The lowest BCUT2D eigenvalue weighted by Crippen LogP contribution is -2.25. The van der Waals surface area contributed by atoms with Crippen LogP contribution in [0.25, 0.3) is 0 Å². The Labute approximate surface area is 109 Å². The molecule has 0 aromatic heterocycles. The summed E-state index contributed by atoms with van der Waals surface area (Å²) < 4.78 is 0. The van der Waals surface area contributed by atoms with Gasteiger partial charge in [0, 0.05) is 13.1 Å². The van der Waals surface area contributed by atoms with E-state index in [1.165, 1.54) is 0 Å². The van der Waals surface area contributed by atoms with Crippen LogP contribution in [0.2, 0.25) is 0 Å². The van der Waals surface area contributed by atoms with Crippen LogP contribution >= 0.6 is 0 Å².